The molecule has 0 aromatic carbocycles. The van der Waals surface area contributed by atoms with Crippen molar-refractivity contribution in [3.8, 4) is 0 Å². The lowest BCUT2D eigenvalue weighted by Gasteiger charge is -2.49. The number of hydrogen-bond acceptors (Lipinski definition) is 2. The fourth-order valence-electron chi connectivity index (χ4n) is 4.86. The molecule has 2 aliphatic carbocycles. The normalized spacial score (nSPS) is 40.9. The molecule has 0 amide bonds. The third-order valence-corrected chi connectivity index (χ3v) is 5.85. The lowest BCUT2D eigenvalue weighted by molar-refractivity contribution is -0.153. The number of carbonyl (C=O) groups is 2. The molecule has 0 aromatic heterocycles. The van der Waals surface area contributed by atoms with Gasteiger partial charge in [0.1, 0.15) is 0 Å². The van der Waals surface area contributed by atoms with E-state index in [4.69, 9.17) is 0 Å². The minimum atomic E-state index is -0.705. The first kappa shape index (κ1) is 15.3. The number of fused-ring (bicyclic) bond motifs is 1. The van der Waals surface area contributed by atoms with E-state index < -0.39 is 11.9 Å². The Morgan fingerprint density at radius 1 is 0.950 bits per heavy atom. The summed E-state index contributed by atoms with van der Waals surface area (Å²) in [6, 6.07) is 0. The van der Waals surface area contributed by atoms with Crippen molar-refractivity contribution in [3.63, 3.8) is 0 Å². The summed E-state index contributed by atoms with van der Waals surface area (Å²) in [6.07, 6.45) is 4.92. The molecule has 2 aliphatic rings. The molecule has 0 aromatic rings. The minimum absolute atomic E-state index is 0.191. The zero-order valence-electron chi connectivity index (χ0n) is 12.4. The van der Waals surface area contributed by atoms with Crippen LogP contribution in [0.2, 0.25) is 0 Å². The number of carboxylic acid groups (broad SMARTS) is 2. The van der Waals surface area contributed by atoms with Crippen LogP contribution >= 0.6 is 0 Å². The lowest BCUT2D eigenvalue weighted by atomic mass is 9.55. The van der Waals surface area contributed by atoms with Crippen molar-refractivity contribution in [1.29, 1.82) is 0 Å². The highest BCUT2D eigenvalue weighted by Gasteiger charge is 2.49. The Labute approximate surface area is 120 Å². The van der Waals surface area contributed by atoms with E-state index in [-0.39, 0.29) is 23.7 Å². The second-order valence-electron chi connectivity index (χ2n) is 6.60. The predicted molar refractivity (Wildman–Crippen MR) is 75.3 cm³/mol. The van der Waals surface area contributed by atoms with Gasteiger partial charge in [0.15, 0.2) is 0 Å². The molecule has 2 N–H and O–H groups in total. The SMILES string of the molecule is CCC1CC(C(=O)O)C2CCC(C(=O)O)CC2C1CC. The van der Waals surface area contributed by atoms with Gasteiger partial charge in [-0.3, -0.25) is 9.59 Å². The van der Waals surface area contributed by atoms with Crippen LogP contribution in [0.15, 0.2) is 0 Å². The molecule has 2 rings (SSSR count). The Hall–Kier alpha value is -1.06. The third kappa shape index (κ3) is 2.70. The van der Waals surface area contributed by atoms with E-state index in [9.17, 15) is 19.8 Å². The molecular weight excluding hydrogens is 256 g/mol. The van der Waals surface area contributed by atoms with Gasteiger partial charge in [0, 0.05) is 0 Å². The van der Waals surface area contributed by atoms with Crippen LogP contribution < -0.4 is 0 Å². The maximum Gasteiger partial charge on any atom is 0.306 e. The molecular formula is C16H26O4. The highest BCUT2D eigenvalue weighted by molar-refractivity contribution is 5.72. The number of carboxylic acids is 2. The largest absolute Gasteiger partial charge is 0.481 e. The fraction of sp³-hybridized carbons (Fsp3) is 0.875. The fourth-order valence-corrected chi connectivity index (χ4v) is 4.86. The zero-order chi connectivity index (χ0) is 14.9. The predicted octanol–water partition coefficient (Wildman–Crippen LogP) is 3.26. The van der Waals surface area contributed by atoms with Gasteiger partial charge in [0.2, 0.25) is 0 Å². The second kappa shape index (κ2) is 6.15. The third-order valence-electron chi connectivity index (χ3n) is 5.85. The molecule has 6 atom stereocenters. The highest BCUT2D eigenvalue weighted by Crippen LogP contribution is 2.52. The van der Waals surface area contributed by atoms with Crippen LogP contribution in [0, 0.1) is 35.5 Å². The maximum atomic E-state index is 11.6. The van der Waals surface area contributed by atoms with Gasteiger partial charge in [0.25, 0.3) is 0 Å². The van der Waals surface area contributed by atoms with Crippen molar-refractivity contribution in [2.24, 2.45) is 35.5 Å². The average molecular weight is 282 g/mol. The Kier molecular flexibility index (Phi) is 4.71. The first-order valence-corrected chi connectivity index (χ1v) is 7.95. The Morgan fingerprint density at radius 2 is 1.65 bits per heavy atom. The molecule has 0 spiro atoms. The van der Waals surface area contributed by atoms with Crippen LogP contribution in [0.25, 0.3) is 0 Å². The number of hydrogen-bond donors (Lipinski definition) is 2. The average Bonchev–Trinajstić information content (AvgIpc) is 2.44. The van der Waals surface area contributed by atoms with Gasteiger partial charge >= 0.3 is 11.9 Å². The van der Waals surface area contributed by atoms with Gasteiger partial charge < -0.3 is 10.2 Å². The molecule has 4 heteroatoms. The molecule has 4 nitrogen and oxygen atoms in total. The van der Waals surface area contributed by atoms with Crippen molar-refractivity contribution < 1.29 is 19.8 Å². The van der Waals surface area contributed by atoms with Crippen LogP contribution in [-0.2, 0) is 9.59 Å². The molecule has 0 saturated heterocycles. The summed E-state index contributed by atoms with van der Waals surface area (Å²) in [5, 5.41) is 18.8. The standard InChI is InChI=1S/C16H26O4/c1-3-9-7-14(16(19)20)12-6-5-10(15(17)18)8-13(12)11(9)4-2/h9-14H,3-8H2,1-2H3,(H,17,18)(H,19,20). The van der Waals surface area contributed by atoms with Gasteiger partial charge in [0.05, 0.1) is 11.8 Å². The molecule has 0 heterocycles. The Morgan fingerprint density at radius 3 is 2.15 bits per heavy atom. The van der Waals surface area contributed by atoms with Crippen LogP contribution in [0.4, 0.5) is 0 Å². The van der Waals surface area contributed by atoms with Crippen LogP contribution in [0.1, 0.15) is 52.4 Å². The summed E-state index contributed by atoms with van der Waals surface area (Å²) in [6.45, 7) is 4.29. The van der Waals surface area contributed by atoms with E-state index >= 15 is 0 Å². The summed E-state index contributed by atoms with van der Waals surface area (Å²) >= 11 is 0. The van der Waals surface area contributed by atoms with Crippen LogP contribution in [0.5, 0.6) is 0 Å². The number of aliphatic carboxylic acids is 2. The summed E-state index contributed by atoms with van der Waals surface area (Å²) in [4.78, 5) is 22.8. The molecule has 0 aliphatic heterocycles. The van der Waals surface area contributed by atoms with Crippen LogP contribution in [-0.4, -0.2) is 22.2 Å². The molecule has 2 saturated carbocycles. The Bertz CT molecular complexity index is 379. The molecule has 0 bridgehead atoms. The summed E-state index contributed by atoms with van der Waals surface area (Å²) in [5.74, 6) is -0.494. The molecule has 6 unspecified atom stereocenters. The van der Waals surface area contributed by atoms with Crippen molar-refractivity contribution in [2.45, 2.75) is 52.4 Å². The molecule has 0 radical (unpaired) electrons. The first-order valence-electron chi connectivity index (χ1n) is 7.95. The second-order valence-corrected chi connectivity index (χ2v) is 6.60. The van der Waals surface area contributed by atoms with Gasteiger partial charge in [-0.25, -0.2) is 0 Å². The van der Waals surface area contributed by atoms with Gasteiger partial charge in [-0.2, -0.15) is 0 Å². The summed E-state index contributed by atoms with van der Waals surface area (Å²) in [7, 11) is 0. The highest BCUT2D eigenvalue weighted by atomic mass is 16.4. The quantitative estimate of drug-likeness (QED) is 0.830. The zero-order valence-corrected chi connectivity index (χ0v) is 12.4. The van der Waals surface area contributed by atoms with Crippen molar-refractivity contribution in [1.82, 2.24) is 0 Å². The van der Waals surface area contributed by atoms with Crippen molar-refractivity contribution in [3.05, 3.63) is 0 Å². The van der Waals surface area contributed by atoms with Gasteiger partial charge in [-0.1, -0.05) is 26.7 Å². The van der Waals surface area contributed by atoms with Crippen molar-refractivity contribution >= 4 is 11.9 Å². The first-order chi connectivity index (χ1) is 9.49. The van der Waals surface area contributed by atoms with E-state index in [2.05, 4.69) is 13.8 Å². The van der Waals surface area contributed by atoms with Crippen LogP contribution in [0.3, 0.4) is 0 Å². The maximum absolute atomic E-state index is 11.6. The monoisotopic (exact) mass is 282 g/mol. The molecule has 2 fully saturated rings. The smallest absolute Gasteiger partial charge is 0.306 e. The topological polar surface area (TPSA) is 74.6 Å². The molecule has 114 valence electrons. The summed E-state index contributed by atoms with van der Waals surface area (Å²) < 4.78 is 0. The minimum Gasteiger partial charge on any atom is -0.481 e. The Balaban J connectivity index is 2.24. The van der Waals surface area contributed by atoms with Gasteiger partial charge in [-0.05, 0) is 49.4 Å². The van der Waals surface area contributed by atoms with Crippen molar-refractivity contribution in [2.75, 3.05) is 0 Å². The van der Waals surface area contributed by atoms with Gasteiger partial charge in [-0.15, -0.1) is 0 Å². The lowest BCUT2D eigenvalue weighted by Crippen LogP contribution is -2.46. The van der Waals surface area contributed by atoms with E-state index in [0.29, 0.717) is 24.7 Å². The summed E-state index contributed by atoms with van der Waals surface area (Å²) in [5.41, 5.74) is 0. The number of rotatable bonds is 4. The van der Waals surface area contributed by atoms with E-state index in [1.54, 1.807) is 0 Å². The van der Waals surface area contributed by atoms with E-state index in [1.165, 1.54) is 0 Å². The van der Waals surface area contributed by atoms with E-state index in [1.807, 2.05) is 0 Å². The molecule has 20 heavy (non-hydrogen) atoms. The van der Waals surface area contributed by atoms with E-state index in [0.717, 1.165) is 25.7 Å².